The van der Waals surface area contributed by atoms with Crippen LogP contribution in [0.4, 0.5) is 20.4 Å². The molecule has 0 spiro atoms. The lowest BCUT2D eigenvalue weighted by atomic mass is 10.1. The van der Waals surface area contributed by atoms with Crippen LogP contribution in [-0.2, 0) is 0 Å². The molecule has 7 heteroatoms. The molecule has 0 amide bonds. The molecule has 5 nitrogen and oxygen atoms in total. The molecular weight excluding hydrogens is 230 g/mol. The first-order valence-electron chi connectivity index (χ1n) is 5.01. The van der Waals surface area contributed by atoms with Gasteiger partial charge in [-0.15, -0.1) is 0 Å². The fraction of sp³-hybridized carbons (Fsp3) is 0.500. The van der Waals surface area contributed by atoms with Gasteiger partial charge in [0.1, 0.15) is 0 Å². The van der Waals surface area contributed by atoms with Crippen LogP contribution in [-0.4, -0.2) is 29.3 Å². The van der Waals surface area contributed by atoms with Gasteiger partial charge in [0, 0.05) is 19.7 Å². The number of likely N-dealkylation sites (N-methyl/N-ethyl adjacent to an activating group) is 1. The van der Waals surface area contributed by atoms with E-state index in [0.717, 1.165) is 0 Å². The fourth-order valence-electron chi connectivity index (χ4n) is 1.48. The van der Waals surface area contributed by atoms with Crippen molar-refractivity contribution in [3.05, 3.63) is 17.7 Å². The summed E-state index contributed by atoms with van der Waals surface area (Å²) in [5.41, 5.74) is 1.02. The van der Waals surface area contributed by atoms with Crippen molar-refractivity contribution in [2.24, 2.45) is 5.84 Å². The van der Waals surface area contributed by atoms with E-state index in [0.29, 0.717) is 6.07 Å². The van der Waals surface area contributed by atoms with E-state index in [1.54, 1.807) is 20.9 Å². The molecule has 4 N–H and O–H groups in total. The van der Waals surface area contributed by atoms with Gasteiger partial charge in [0.25, 0.3) is 0 Å². The van der Waals surface area contributed by atoms with Crippen LogP contribution in [0.5, 0.6) is 0 Å². The zero-order valence-corrected chi connectivity index (χ0v) is 9.96. The Morgan fingerprint density at radius 2 is 2.06 bits per heavy atom. The van der Waals surface area contributed by atoms with Crippen molar-refractivity contribution < 1.29 is 13.9 Å². The molecule has 1 rings (SSSR count). The van der Waals surface area contributed by atoms with E-state index >= 15 is 0 Å². The summed E-state index contributed by atoms with van der Waals surface area (Å²) in [6, 6.07) is 0.693. The molecule has 0 unspecified atom stereocenters. The van der Waals surface area contributed by atoms with Crippen LogP contribution in [0.25, 0.3) is 0 Å². The number of pyridine rings is 1. The molecule has 1 aromatic rings. The lowest BCUT2D eigenvalue weighted by Crippen LogP contribution is -2.37. The van der Waals surface area contributed by atoms with Crippen molar-refractivity contribution in [3.63, 3.8) is 0 Å². The van der Waals surface area contributed by atoms with Gasteiger partial charge in [0.2, 0.25) is 0 Å². The van der Waals surface area contributed by atoms with Gasteiger partial charge in [-0.05, 0) is 13.8 Å². The third-order valence-corrected chi connectivity index (χ3v) is 2.03. The molecule has 1 aromatic heterocycles. The van der Waals surface area contributed by atoms with Crippen LogP contribution >= 0.6 is 0 Å². The van der Waals surface area contributed by atoms with Gasteiger partial charge in [0.15, 0.2) is 23.3 Å². The molecule has 0 atom stereocenters. The van der Waals surface area contributed by atoms with E-state index in [1.807, 2.05) is 5.43 Å². The van der Waals surface area contributed by atoms with E-state index in [4.69, 9.17) is 5.84 Å². The molecule has 0 saturated heterocycles. The molecular formula is C10H16F2N4O. The fourth-order valence-corrected chi connectivity index (χ4v) is 1.48. The highest BCUT2D eigenvalue weighted by Crippen LogP contribution is 2.22. The Kier molecular flexibility index (Phi) is 3.84. The first-order valence-corrected chi connectivity index (χ1v) is 5.01. The summed E-state index contributed by atoms with van der Waals surface area (Å²) in [4.78, 5) is 5.09. The third kappa shape index (κ3) is 3.50. The Bertz CT molecular complexity index is 406. The number of rotatable bonds is 4. The van der Waals surface area contributed by atoms with Gasteiger partial charge in [0.05, 0.1) is 5.60 Å². The molecule has 0 aliphatic rings. The van der Waals surface area contributed by atoms with E-state index in [2.05, 4.69) is 4.98 Å². The highest BCUT2D eigenvalue weighted by molar-refractivity contribution is 5.48. The van der Waals surface area contributed by atoms with E-state index in [9.17, 15) is 13.9 Å². The summed E-state index contributed by atoms with van der Waals surface area (Å²) in [6.45, 7) is 3.30. The second kappa shape index (κ2) is 4.80. The largest absolute Gasteiger partial charge is 0.389 e. The lowest BCUT2D eigenvalue weighted by molar-refractivity contribution is 0.0883. The quantitative estimate of drug-likeness (QED) is 0.542. The Balaban J connectivity index is 3.05. The van der Waals surface area contributed by atoms with Crippen molar-refractivity contribution in [3.8, 4) is 0 Å². The van der Waals surface area contributed by atoms with Gasteiger partial charge >= 0.3 is 0 Å². The molecule has 0 aliphatic carbocycles. The highest BCUT2D eigenvalue weighted by Gasteiger charge is 2.20. The minimum absolute atomic E-state index is 0.0820. The summed E-state index contributed by atoms with van der Waals surface area (Å²) in [7, 11) is 1.54. The number of hydrogen-bond acceptors (Lipinski definition) is 5. The molecule has 17 heavy (non-hydrogen) atoms. The van der Waals surface area contributed by atoms with Crippen molar-refractivity contribution >= 4 is 11.6 Å². The number of hydrogen-bond donors (Lipinski definition) is 3. The molecule has 0 bridgehead atoms. The summed E-state index contributed by atoms with van der Waals surface area (Å²) in [6.07, 6.45) is 0. The maximum absolute atomic E-state index is 13.5. The number of aliphatic hydroxyl groups is 1. The van der Waals surface area contributed by atoms with Gasteiger partial charge in [-0.25, -0.2) is 19.6 Å². The average Bonchev–Trinajstić information content (AvgIpc) is 2.14. The van der Waals surface area contributed by atoms with Crippen LogP contribution < -0.4 is 16.2 Å². The van der Waals surface area contributed by atoms with Crippen LogP contribution in [0.2, 0.25) is 0 Å². The Hall–Kier alpha value is -1.47. The Labute approximate surface area is 98.2 Å². The van der Waals surface area contributed by atoms with Gasteiger partial charge in [-0.2, -0.15) is 0 Å². The Morgan fingerprint density at radius 1 is 1.47 bits per heavy atom. The van der Waals surface area contributed by atoms with Crippen molar-refractivity contribution in [1.82, 2.24) is 4.98 Å². The molecule has 0 radical (unpaired) electrons. The monoisotopic (exact) mass is 246 g/mol. The summed E-state index contributed by atoms with van der Waals surface area (Å²) in [5.74, 6) is 3.04. The number of nitrogens with two attached hydrogens (primary N) is 1. The summed E-state index contributed by atoms with van der Waals surface area (Å²) in [5, 5.41) is 9.62. The number of nitrogens with one attached hydrogen (secondary N) is 1. The van der Waals surface area contributed by atoms with E-state index in [1.165, 1.54) is 4.90 Å². The van der Waals surface area contributed by atoms with Crippen molar-refractivity contribution in [1.29, 1.82) is 0 Å². The number of nitrogen functional groups attached to an aromatic ring is 1. The zero-order chi connectivity index (χ0) is 13.2. The van der Waals surface area contributed by atoms with E-state index in [-0.39, 0.29) is 18.2 Å². The van der Waals surface area contributed by atoms with Crippen LogP contribution in [0, 0.1) is 11.6 Å². The third-order valence-electron chi connectivity index (χ3n) is 2.03. The number of anilines is 2. The number of halogens is 2. The van der Waals surface area contributed by atoms with E-state index < -0.39 is 17.2 Å². The second-order valence-electron chi connectivity index (χ2n) is 4.44. The summed E-state index contributed by atoms with van der Waals surface area (Å²) >= 11 is 0. The number of aromatic nitrogens is 1. The van der Waals surface area contributed by atoms with Gasteiger partial charge in [-0.3, -0.25) is 0 Å². The molecule has 96 valence electrons. The topological polar surface area (TPSA) is 74.4 Å². The lowest BCUT2D eigenvalue weighted by Gasteiger charge is -2.26. The predicted octanol–water partition coefficient (Wildman–Crippen LogP) is 0.852. The first kappa shape index (κ1) is 13.6. The molecule has 0 saturated carbocycles. The Morgan fingerprint density at radius 3 is 2.53 bits per heavy atom. The maximum atomic E-state index is 13.5. The molecule has 0 aromatic carbocycles. The average molecular weight is 246 g/mol. The minimum Gasteiger partial charge on any atom is -0.389 e. The van der Waals surface area contributed by atoms with Crippen molar-refractivity contribution in [2.45, 2.75) is 19.4 Å². The normalized spacial score (nSPS) is 11.5. The smallest absolute Gasteiger partial charge is 0.178 e. The maximum Gasteiger partial charge on any atom is 0.178 e. The molecule has 1 heterocycles. The first-order chi connectivity index (χ1) is 7.74. The second-order valence-corrected chi connectivity index (χ2v) is 4.44. The number of hydrazine groups is 1. The minimum atomic E-state index is -1.02. The predicted molar refractivity (Wildman–Crippen MR) is 61.5 cm³/mol. The highest BCUT2D eigenvalue weighted by atomic mass is 19.1. The number of nitrogens with zero attached hydrogens (tertiary/aromatic N) is 2. The van der Waals surface area contributed by atoms with Gasteiger partial charge in [-0.1, -0.05) is 0 Å². The van der Waals surface area contributed by atoms with Gasteiger partial charge < -0.3 is 15.4 Å². The van der Waals surface area contributed by atoms with Crippen molar-refractivity contribution in [2.75, 3.05) is 23.9 Å². The molecule has 0 aliphatic heterocycles. The van der Waals surface area contributed by atoms with Crippen LogP contribution in [0.1, 0.15) is 13.8 Å². The standard InChI is InChI=1S/C10H16F2N4O/c1-10(2,17)5-16(3)9-7(12)4-6(11)8(14-9)15-13/h4,17H,5,13H2,1-3H3,(H,14,15). The zero-order valence-electron chi connectivity index (χ0n) is 9.96. The van der Waals surface area contributed by atoms with Crippen LogP contribution in [0.3, 0.4) is 0 Å². The summed E-state index contributed by atoms with van der Waals surface area (Å²) < 4.78 is 26.6. The van der Waals surface area contributed by atoms with Crippen LogP contribution in [0.15, 0.2) is 6.07 Å². The SMILES string of the molecule is CN(CC(C)(C)O)c1nc(NN)c(F)cc1F. The molecule has 0 fully saturated rings.